The molecule has 0 aromatic heterocycles. The number of ether oxygens (including phenoxy) is 2. The lowest BCUT2D eigenvalue weighted by Crippen LogP contribution is -2.50. The van der Waals surface area contributed by atoms with E-state index in [0.29, 0.717) is 31.4 Å². The summed E-state index contributed by atoms with van der Waals surface area (Å²) in [4.78, 5) is 11.7. The van der Waals surface area contributed by atoms with E-state index in [1.807, 2.05) is 6.92 Å². The van der Waals surface area contributed by atoms with Gasteiger partial charge in [0, 0.05) is 25.2 Å². The first-order valence-corrected chi connectivity index (χ1v) is 11.1. The van der Waals surface area contributed by atoms with Crippen LogP contribution in [0.2, 0.25) is 0 Å². The highest BCUT2D eigenvalue weighted by Crippen LogP contribution is 2.41. The minimum Gasteiger partial charge on any atom is -0.483 e. The van der Waals surface area contributed by atoms with E-state index >= 15 is 0 Å². The number of nitrogens with one attached hydrogen (secondary N) is 1. The number of fused-ring (bicyclic) bond motifs is 1. The van der Waals surface area contributed by atoms with E-state index in [2.05, 4.69) is 5.32 Å². The molecule has 4 rings (SSSR count). The van der Waals surface area contributed by atoms with E-state index in [1.54, 1.807) is 18.2 Å². The smallest absolute Gasteiger partial charge is 0.250 e. The molecule has 0 spiro atoms. The lowest BCUT2D eigenvalue weighted by molar-refractivity contribution is -0.0321. The van der Waals surface area contributed by atoms with Crippen molar-refractivity contribution in [3.05, 3.63) is 48.0 Å². The quantitative estimate of drug-likeness (QED) is 0.793. The molecule has 0 saturated carbocycles. The van der Waals surface area contributed by atoms with Crippen LogP contribution in [0.1, 0.15) is 30.1 Å². The summed E-state index contributed by atoms with van der Waals surface area (Å²) in [6.45, 7) is 4.09. The lowest BCUT2D eigenvalue weighted by Gasteiger charge is -2.43. The van der Waals surface area contributed by atoms with Crippen molar-refractivity contribution in [3.63, 3.8) is 0 Å². The van der Waals surface area contributed by atoms with Crippen LogP contribution in [0.15, 0.2) is 52.3 Å². The minimum absolute atomic E-state index is 0.0312. The molecule has 2 aliphatic rings. The second-order valence-corrected chi connectivity index (χ2v) is 9.59. The molecule has 8 heteroatoms. The minimum atomic E-state index is -3.94. The number of amides is 1. The van der Waals surface area contributed by atoms with Gasteiger partial charge in [0.1, 0.15) is 11.4 Å². The van der Waals surface area contributed by atoms with E-state index in [-0.39, 0.29) is 15.4 Å². The van der Waals surface area contributed by atoms with E-state index in [1.165, 1.54) is 24.3 Å². The molecular formula is C21H24N2O5S. The maximum absolute atomic E-state index is 13.2. The molecule has 0 radical (unpaired) electrons. The van der Waals surface area contributed by atoms with Gasteiger partial charge in [-0.3, -0.25) is 4.79 Å². The SMILES string of the molecule is CC1(C2CCOCC2)CNc2ccc(S(=O)(=O)c3ccccc3C(N)=O)cc2O1. The second kappa shape index (κ2) is 7.35. The van der Waals surface area contributed by atoms with E-state index in [4.69, 9.17) is 15.2 Å². The van der Waals surface area contributed by atoms with Gasteiger partial charge in [0.2, 0.25) is 15.7 Å². The van der Waals surface area contributed by atoms with Gasteiger partial charge in [-0.2, -0.15) is 0 Å². The van der Waals surface area contributed by atoms with Gasteiger partial charge in [-0.1, -0.05) is 12.1 Å². The zero-order valence-corrected chi connectivity index (χ0v) is 17.0. The Hall–Kier alpha value is -2.58. The van der Waals surface area contributed by atoms with Crippen molar-refractivity contribution in [2.75, 3.05) is 25.1 Å². The predicted octanol–water partition coefficient (Wildman–Crippen LogP) is 2.61. The molecule has 1 saturated heterocycles. The molecule has 2 heterocycles. The van der Waals surface area contributed by atoms with E-state index < -0.39 is 21.3 Å². The number of primary amides is 1. The largest absolute Gasteiger partial charge is 0.483 e. The van der Waals surface area contributed by atoms with Crippen molar-refractivity contribution in [2.45, 2.75) is 35.2 Å². The number of rotatable bonds is 4. The first-order chi connectivity index (χ1) is 13.8. The van der Waals surface area contributed by atoms with Crippen LogP contribution >= 0.6 is 0 Å². The van der Waals surface area contributed by atoms with Crippen molar-refractivity contribution in [1.82, 2.24) is 0 Å². The van der Waals surface area contributed by atoms with Gasteiger partial charge in [-0.25, -0.2) is 8.42 Å². The number of benzene rings is 2. The molecule has 2 aliphatic heterocycles. The maximum atomic E-state index is 13.2. The molecule has 1 fully saturated rings. The monoisotopic (exact) mass is 416 g/mol. The molecule has 154 valence electrons. The third kappa shape index (κ3) is 3.58. The summed E-state index contributed by atoms with van der Waals surface area (Å²) in [5.74, 6) is 0.0165. The Morgan fingerprint density at radius 2 is 1.90 bits per heavy atom. The Morgan fingerprint density at radius 1 is 1.17 bits per heavy atom. The van der Waals surface area contributed by atoms with Crippen LogP contribution in [0.5, 0.6) is 5.75 Å². The number of carbonyl (C=O) groups is 1. The molecule has 0 bridgehead atoms. The molecule has 1 atom stereocenters. The average Bonchev–Trinajstić information content (AvgIpc) is 2.73. The van der Waals surface area contributed by atoms with Crippen LogP contribution in [-0.2, 0) is 14.6 Å². The normalized spacial score (nSPS) is 22.2. The number of nitrogens with two attached hydrogens (primary N) is 1. The van der Waals surface area contributed by atoms with Gasteiger partial charge in [-0.05, 0) is 44.0 Å². The number of hydrogen-bond acceptors (Lipinski definition) is 6. The fraction of sp³-hybridized carbons (Fsp3) is 0.381. The van der Waals surface area contributed by atoms with Crippen LogP contribution in [0, 0.1) is 5.92 Å². The molecule has 0 aliphatic carbocycles. The van der Waals surface area contributed by atoms with Crippen LogP contribution in [0.3, 0.4) is 0 Å². The summed E-state index contributed by atoms with van der Waals surface area (Å²) in [6, 6.07) is 10.7. The van der Waals surface area contributed by atoms with Crippen LogP contribution in [0.25, 0.3) is 0 Å². The maximum Gasteiger partial charge on any atom is 0.250 e. The summed E-state index contributed by atoms with van der Waals surface area (Å²) in [5.41, 5.74) is 5.63. The van der Waals surface area contributed by atoms with Gasteiger partial charge < -0.3 is 20.5 Å². The Kier molecular flexibility index (Phi) is 5.00. The Bertz CT molecular complexity index is 1050. The van der Waals surface area contributed by atoms with Crippen LogP contribution in [0.4, 0.5) is 5.69 Å². The zero-order valence-electron chi connectivity index (χ0n) is 16.2. The Labute approximate surface area is 170 Å². The fourth-order valence-electron chi connectivity index (χ4n) is 4.03. The predicted molar refractivity (Wildman–Crippen MR) is 108 cm³/mol. The van der Waals surface area contributed by atoms with Crippen molar-refractivity contribution >= 4 is 21.4 Å². The summed E-state index contributed by atoms with van der Waals surface area (Å²) in [7, 11) is -3.94. The number of hydrogen-bond donors (Lipinski definition) is 2. The van der Waals surface area contributed by atoms with Gasteiger partial charge in [0.05, 0.1) is 27.6 Å². The zero-order chi connectivity index (χ0) is 20.6. The van der Waals surface area contributed by atoms with E-state index in [9.17, 15) is 13.2 Å². The highest BCUT2D eigenvalue weighted by Gasteiger charge is 2.40. The first-order valence-electron chi connectivity index (χ1n) is 9.60. The highest BCUT2D eigenvalue weighted by molar-refractivity contribution is 7.91. The topological polar surface area (TPSA) is 108 Å². The van der Waals surface area contributed by atoms with Crippen molar-refractivity contribution in [2.24, 2.45) is 11.7 Å². The molecule has 3 N–H and O–H groups in total. The highest BCUT2D eigenvalue weighted by atomic mass is 32.2. The molecule has 1 unspecified atom stereocenters. The van der Waals surface area contributed by atoms with Crippen molar-refractivity contribution < 1.29 is 22.7 Å². The number of sulfone groups is 1. The molecule has 1 amide bonds. The van der Waals surface area contributed by atoms with Crippen molar-refractivity contribution in [3.8, 4) is 5.75 Å². The molecule has 2 aromatic rings. The fourth-order valence-corrected chi connectivity index (χ4v) is 5.50. The third-order valence-electron chi connectivity index (χ3n) is 5.76. The summed E-state index contributed by atoms with van der Waals surface area (Å²) >= 11 is 0. The third-order valence-corrected chi connectivity index (χ3v) is 7.57. The summed E-state index contributed by atoms with van der Waals surface area (Å²) < 4.78 is 38.2. The van der Waals surface area contributed by atoms with Crippen LogP contribution < -0.4 is 15.8 Å². The Morgan fingerprint density at radius 3 is 2.62 bits per heavy atom. The molecule has 7 nitrogen and oxygen atoms in total. The second-order valence-electron chi connectivity index (χ2n) is 7.68. The van der Waals surface area contributed by atoms with Gasteiger partial charge >= 0.3 is 0 Å². The summed E-state index contributed by atoms with van der Waals surface area (Å²) in [6.07, 6.45) is 1.80. The number of carbonyl (C=O) groups excluding carboxylic acids is 1. The lowest BCUT2D eigenvalue weighted by atomic mass is 9.82. The number of anilines is 1. The summed E-state index contributed by atoms with van der Waals surface area (Å²) in [5, 5.41) is 3.36. The van der Waals surface area contributed by atoms with Crippen LogP contribution in [-0.4, -0.2) is 39.7 Å². The average molecular weight is 416 g/mol. The first kappa shape index (κ1) is 19.7. The van der Waals surface area contributed by atoms with E-state index in [0.717, 1.165) is 18.5 Å². The molecular weight excluding hydrogens is 392 g/mol. The van der Waals surface area contributed by atoms with Gasteiger partial charge in [-0.15, -0.1) is 0 Å². The standard InChI is InChI=1S/C21H24N2O5S/c1-21(14-8-10-27-11-9-14)13-23-17-7-6-15(12-18(17)28-21)29(25,26)19-5-3-2-4-16(19)20(22)24/h2-7,12,14,23H,8-11,13H2,1H3,(H2,22,24). The van der Waals surface area contributed by atoms with Gasteiger partial charge in [0.25, 0.3) is 0 Å². The van der Waals surface area contributed by atoms with Crippen molar-refractivity contribution in [1.29, 1.82) is 0 Å². The molecule has 29 heavy (non-hydrogen) atoms. The molecule has 2 aromatic carbocycles. The van der Waals surface area contributed by atoms with Gasteiger partial charge in [0.15, 0.2) is 0 Å². The Balaban J connectivity index is 1.70.